The lowest BCUT2D eigenvalue weighted by atomic mass is 10.4. The number of hydrogen-bond donors (Lipinski definition) is 1. The van der Waals surface area contributed by atoms with Crippen molar-refractivity contribution in [3.63, 3.8) is 0 Å². The van der Waals surface area contributed by atoms with Crippen LogP contribution >= 0.6 is 0 Å². The van der Waals surface area contributed by atoms with E-state index in [1.54, 1.807) is 7.05 Å². The third-order valence-corrected chi connectivity index (χ3v) is 1.88. The first-order chi connectivity index (χ1) is 4.18. The van der Waals surface area contributed by atoms with Crippen molar-refractivity contribution < 1.29 is 9.90 Å². The molecule has 0 aromatic carbocycles. The molecule has 54 valence electrons. The number of hydrogen-bond acceptors (Lipinski definition) is 1. The molecule has 0 aliphatic heterocycles. The summed E-state index contributed by atoms with van der Waals surface area (Å²) in [4.78, 5) is 11.5. The third kappa shape index (κ3) is 4.02. The van der Waals surface area contributed by atoms with Crippen LogP contribution in [0.4, 0.5) is 4.79 Å². The zero-order chi connectivity index (χ0) is 7.28. The number of rotatable bonds is 3. The molecule has 0 bridgehead atoms. The van der Waals surface area contributed by atoms with Crippen LogP contribution in [-0.4, -0.2) is 39.9 Å². The van der Waals surface area contributed by atoms with Gasteiger partial charge in [-0.2, -0.15) is 0 Å². The van der Waals surface area contributed by atoms with E-state index in [-0.39, 0.29) is 0 Å². The fraction of sp³-hybridized carbons (Fsp3) is 0.800. The van der Waals surface area contributed by atoms with E-state index >= 15 is 0 Å². The van der Waals surface area contributed by atoms with Gasteiger partial charge in [0.05, 0.1) is 0 Å². The van der Waals surface area contributed by atoms with Crippen molar-refractivity contribution in [1.29, 1.82) is 0 Å². The minimum atomic E-state index is -0.829. The highest BCUT2D eigenvalue weighted by Gasteiger charge is 2.01. The minimum Gasteiger partial charge on any atom is -0.465 e. The molecular formula is C5H13NO2Si. The molecule has 0 spiro atoms. The van der Waals surface area contributed by atoms with Gasteiger partial charge in [-0.1, -0.05) is 6.04 Å². The Kier molecular flexibility index (Phi) is 4.12. The van der Waals surface area contributed by atoms with Gasteiger partial charge in [-0.3, -0.25) is 0 Å². The Balaban J connectivity index is 3.27. The van der Waals surface area contributed by atoms with Crippen molar-refractivity contribution in [2.75, 3.05) is 13.6 Å². The maximum Gasteiger partial charge on any atom is 0.407 e. The second-order valence-electron chi connectivity index (χ2n) is 2.06. The van der Waals surface area contributed by atoms with Crippen LogP contribution in [0.15, 0.2) is 0 Å². The molecule has 1 amide bonds. The van der Waals surface area contributed by atoms with Crippen molar-refractivity contribution in [2.45, 2.75) is 12.5 Å². The fourth-order valence-corrected chi connectivity index (χ4v) is 0.807. The molecule has 0 aromatic rings. The maximum absolute atomic E-state index is 10.1. The highest BCUT2D eigenvalue weighted by Crippen LogP contribution is 1.89. The number of carbonyl (C=O) groups is 1. The van der Waals surface area contributed by atoms with Crippen LogP contribution in [0.1, 0.15) is 6.42 Å². The van der Waals surface area contributed by atoms with Crippen molar-refractivity contribution in [3.8, 4) is 0 Å². The summed E-state index contributed by atoms with van der Waals surface area (Å²) in [6.07, 6.45) is 0.180. The van der Waals surface area contributed by atoms with Gasteiger partial charge in [-0.05, 0) is 6.42 Å². The monoisotopic (exact) mass is 147 g/mol. The molecule has 0 fully saturated rings. The first-order valence-corrected chi connectivity index (χ1v) is 4.54. The summed E-state index contributed by atoms with van der Waals surface area (Å²) >= 11 is 0. The largest absolute Gasteiger partial charge is 0.465 e. The first kappa shape index (κ1) is 8.49. The summed E-state index contributed by atoms with van der Waals surface area (Å²) in [6.45, 7) is 0.679. The molecule has 0 unspecified atom stereocenters. The lowest BCUT2D eigenvalue weighted by Gasteiger charge is -2.10. The molecule has 0 heterocycles. The molecule has 0 saturated heterocycles. The van der Waals surface area contributed by atoms with Crippen LogP contribution < -0.4 is 0 Å². The van der Waals surface area contributed by atoms with Gasteiger partial charge in [-0.25, -0.2) is 4.79 Å². The molecule has 0 rings (SSSR count). The molecule has 3 nitrogen and oxygen atoms in total. The van der Waals surface area contributed by atoms with Crippen LogP contribution in [0, 0.1) is 0 Å². The second-order valence-corrected chi connectivity index (χ2v) is 3.06. The van der Waals surface area contributed by atoms with E-state index in [2.05, 4.69) is 0 Å². The third-order valence-electron chi connectivity index (χ3n) is 1.17. The zero-order valence-corrected chi connectivity index (χ0v) is 7.92. The quantitative estimate of drug-likeness (QED) is 0.560. The molecule has 0 aliphatic carbocycles. The zero-order valence-electron chi connectivity index (χ0n) is 5.92. The topological polar surface area (TPSA) is 40.5 Å². The molecule has 1 N–H and O–H groups in total. The molecule has 0 atom stereocenters. The summed E-state index contributed by atoms with van der Waals surface area (Å²) in [5.74, 6) is 0. The van der Waals surface area contributed by atoms with Gasteiger partial charge in [0.25, 0.3) is 0 Å². The summed E-state index contributed by atoms with van der Waals surface area (Å²) in [7, 11) is 2.77. The predicted molar refractivity (Wildman–Crippen MR) is 40.0 cm³/mol. The summed E-state index contributed by atoms with van der Waals surface area (Å²) in [5.41, 5.74) is 0. The van der Waals surface area contributed by atoms with Crippen LogP contribution in [0.25, 0.3) is 0 Å². The van der Waals surface area contributed by atoms with E-state index in [4.69, 9.17) is 5.11 Å². The molecule has 0 aromatic heterocycles. The van der Waals surface area contributed by atoms with E-state index in [0.717, 1.165) is 6.42 Å². The molecule has 9 heavy (non-hydrogen) atoms. The fourth-order valence-electron chi connectivity index (χ4n) is 0.491. The summed E-state index contributed by atoms with van der Waals surface area (Å²) in [5, 5.41) is 8.35. The van der Waals surface area contributed by atoms with E-state index in [1.807, 2.05) is 0 Å². The number of carboxylic acid groups (broad SMARTS) is 1. The Hall–Kier alpha value is -0.513. The number of nitrogens with zero attached hydrogens (tertiary/aromatic N) is 1. The predicted octanol–water partition coefficient (Wildman–Crippen LogP) is -0.230. The van der Waals surface area contributed by atoms with Crippen molar-refractivity contribution in [3.05, 3.63) is 0 Å². The minimum absolute atomic E-state index is 0.679. The lowest BCUT2D eigenvalue weighted by molar-refractivity contribution is 0.156. The van der Waals surface area contributed by atoms with E-state index < -0.39 is 6.09 Å². The average molecular weight is 147 g/mol. The smallest absolute Gasteiger partial charge is 0.407 e. The van der Waals surface area contributed by atoms with Crippen molar-refractivity contribution in [1.82, 2.24) is 4.90 Å². The first-order valence-electron chi connectivity index (χ1n) is 3.12. The van der Waals surface area contributed by atoms with Crippen molar-refractivity contribution >= 4 is 16.3 Å². The van der Waals surface area contributed by atoms with Gasteiger partial charge in [0.1, 0.15) is 0 Å². The SMILES string of the molecule is CN(CCC[SiH3])C(=O)O. The van der Waals surface area contributed by atoms with Crippen LogP contribution in [0.2, 0.25) is 6.04 Å². The Morgan fingerprint density at radius 1 is 1.78 bits per heavy atom. The molecule has 4 heteroatoms. The van der Waals surface area contributed by atoms with Gasteiger partial charge in [0.2, 0.25) is 0 Å². The Morgan fingerprint density at radius 3 is 2.67 bits per heavy atom. The number of amides is 1. The Labute approximate surface area is 58.1 Å². The maximum atomic E-state index is 10.1. The highest BCUT2D eigenvalue weighted by molar-refractivity contribution is 6.08. The second kappa shape index (κ2) is 4.37. The van der Waals surface area contributed by atoms with Gasteiger partial charge in [0, 0.05) is 23.8 Å². The van der Waals surface area contributed by atoms with Crippen molar-refractivity contribution in [2.24, 2.45) is 0 Å². The molecule has 0 radical (unpaired) electrons. The van der Waals surface area contributed by atoms with Crippen LogP contribution in [0.5, 0.6) is 0 Å². The molecular weight excluding hydrogens is 134 g/mol. The average Bonchev–Trinajstić information content (AvgIpc) is 1.82. The van der Waals surface area contributed by atoms with E-state index in [0.29, 0.717) is 6.54 Å². The van der Waals surface area contributed by atoms with Gasteiger partial charge >= 0.3 is 6.09 Å². The highest BCUT2D eigenvalue weighted by atomic mass is 28.1. The van der Waals surface area contributed by atoms with E-state index in [9.17, 15) is 4.79 Å². The molecule has 0 aliphatic rings. The Bertz CT molecular complexity index is 97.0. The Morgan fingerprint density at radius 2 is 2.33 bits per heavy atom. The standard InChI is InChI=1S/C5H13NO2Si/c1-6(5(7)8)3-2-4-9/h2-4H2,1,9H3,(H,7,8). The van der Waals surface area contributed by atoms with Gasteiger partial charge < -0.3 is 10.0 Å². The summed E-state index contributed by atoms with van der Waals surface area (Å²) in [6, 6.07) is 1.18. The molecule has 0 saturated carbocycles. The lowest BCUT2D eigenvalue weighted by Crippen LogP contribution is -2.25. The van der Waals surface area contributed by atoms with Gasteiger partial charge in [0.15, 0.2) is 0 Å². The summed E-state index contributed by atoms with van der Waals surface area (Å²) < 4.78 is 0. The van der Waals surface area contributed by atoms with Crippen LogP contribution in [-0.2, 0) is 0 Å². The van der Waals surface area contributed by atoms with Crippen LogP contribution in [0.3, 0.4) is 0 Å². The van der Waals surface area contributed by atoms with E-state index in [1.165, 1.54) is 21.2 Å². The normalized spacial score (nSPS) is 9.44. The van der Waals surface area contributed by atoms with Gasteiger partial charge in [-0.15, -0.1) is 0 Å².